The fourth-order valence-electron chi connectivity index (χ4n) is 4.23. The molecule has 3 aromatic rings. The van der Waals surface area contributed by atoms with Gasteiger partial charge in [-0.05, 0) is 87.7 Å². The van der Waals surface area contributed by atoms with Gasteiger partial charge in [-0.25, -0.2) is 8.42 Å². The van der Waals surface area contributed by atoms with Crippen LogP contribution in [-0.4, -0.2) is 50.9 Å². The molecular formula is C31H38ClN3O5S. The zero-order valence-corrected chi connectivity index (χ0v) is 25.9. The Labute approximate surface area is 248 Å². The molecule has 0 unspecified atom stereocenters. The highest BCUT2D eigenvalue weighted by Crippen LogP contribution is 2.29. The number of halogens is 1. The number of anilines is 1. The Balaban J connectivity index is 2.05. The first kappa shape index (κ1) is 32.0. The molecule has 220 valence electrons. The summed E-state index contributed by atoms with van der Waals surface area (Å²) in [7, 11) is -2.60. The molecule has 0 saturated heterocycles. The largest absolute Gasteiger partial charge is 0.497 e. The van der Waals surface area contributed by atoms with E-state index in [2.05, 4.69) is 5.32 Å². The summed E-state index contributed by atoms with van der Waals surface area (Å²) in [5, 5.41) is 3.38. The third-order valence-electron chi connectivity index (χ3n) is 7.00. The molecule has 0 heterocycles. The third kappa shape index (κ3) is 8.01. The van der Waals surface area contributed by atoms with Gasteiger partial charge >= 0.3 is 0 Å². The van der Waals surface area contributed by atoms with Gasteiger partial charge in [0.25, 0.3) is 10.0 Å². The second-order valence-corrected chi connectivity index (χ2v) is 12.4. The Kier molecular flexibility index (Phi) is 10.8. The lowest BCUT2D eigenvalue weighted by Gasteiger charge is -2.33. The quantitative estimate of drug-likeness (QED) is 0.297. The Hall–Kier alpha value is -3.56. The summed E-state index contributed by atoms with van der Waals surface area (Å²) >= 11 is 6.17. The highest BCUT2D eigenvalue weighted by molar-refractivity contribution is 7.92. The van der Waals surface area contributed by atoms with Crippen LogP contribution < -0.4 is 14.4 Å². The van der Waals surface area contributed by atoms with Crippen molar-refractivity contribution in [3.8, 4) is 5.75 Å². The van der Waals surface area contributed by atoms with Crippen molar-refractivity contribution in [2.45, 2.75) is 64.6 Å². The number of ether oxygens (including phenoxy) is 1. The molecule has 41 heavy (non-hydrogen) atoms. The number of sulfonamides is 1. The SMILES string of the molecule is CC[C@@H](C)NC(=O)[C@@H](C)N(Cc1ccc(OC)cc1)C(=O)CN(c1ccc(Cl)cc1C)S(=O)(=O)c1ccc(C)cc1. The fraction of sp³-hybridized carbons (Fsp3) is 0.355. The van der Waals surface area contributed by atoms with Gasteiger partial charge in [0.15, 0.2) is 0 Å². The van der Waals surface area contributed by atoms with Gasteiger partial charge in [-0.1, -0.05) is 48.4 Å². The minimum Gasteiger partial charge on any atom is -0.497 e. The van der Waals surface area contributed by atoms with E-state index in [4.69, 9.17) is 16.3 Å². The number of nitrogens with zero attached hydrogens (tertiary/aromatic N) is 2. The second kappa shape index (κ2) is 13.9. The van der Waals surface area contributed by atoms with E-state index in [0.717, 1.165) is 21.9 Å². The lowest BCUT2D eigenvalue weighted by molar-refractivity contribution is -0.139. The lowest BCUT2D eigenvalue weighted by Crippen LogP contribution is -2.52. The Bertz CT molecular complexity index is 1460. The number of aryl methyl sites for hydroxylation is 2. The van der Waals surface area contributed by atoms with Crippen molar-refractivity contribution in [1.29, 1.82) is 0 Å². The van der Waals surface area contributed by atoms with Gasteiger partial charge < -0.3 is 15.0 Å². The zero-order chi connectivity index (χ0) is 30.3. The predicted octanol–water partition coefficient (Wildman–Crippen LogP) is 5.49. The molecule has 10 heteroatoms. The highest BCUT2D eigenvalue weighted by Gasteiger charge is 2.33. The summed E-state index contributed by atoms with van der Waals surface area (Å²) in [5.41, 5.74) is 2.58. The summed E-state index contributed by atoms with van der Waals surface area (Å²) in [6.07, 6.45) is 0.725. The van der Waals surface area contributed by atoms with Crippen LogP contribution in [0.15, 0.2) is 71.6 Å². The van der Waals surface area contributed by atoms with E-state index in [9.17, 15) is 18.0 Å². The smallest absolute Gasteiger partial charge is 0.264 e. The van der Waals surface area contributed by atoms with Crippen molar-refractivity contribution in [1.82, 2.24) is 10.2 Å². The number of nitrogens with one attached hydrogen (secondary N) is 1. The molecule has 2 amide bonds. The fourth-order valence-corrected chi connectivity index (χ4v) is 5.93. The first-order chi connectivity index (χ1) is 19.4. The molecular weight excluding hydrogens is 562 g/mol. The van der Waals surface area contributed by atoms with Crippen molar-refractivity contribution < 1.29 is 22.7 Å². The number of amides is 2. The number of benzene rings is 3. The number of carbonyl (C=O) groups excluding carboxylic acids is 2. The van der Waals surface area contributed by atoms with E-state index >= 15 is 0 Å². The van der Waals surface area contributed by atoms with E-state index in [1.165, 1.54) is 17.0 Å². The van der Waals surface area contributed by atoms with Crippen LogP contribution in [0.5, 0.6) is 5.75 Å². The molecule has 0 fully saturated rings. The third-order valence-corrected chi connectivity index (χ3v) is 9.00. The second-order valence-electron chi connectivity index (χ2n) is 10.1. The maximum atomic E-state index is 14.1. The summed E-state index contributed by atoms with van der Waals surface area (Å²) in [6.45, 7) is 8.67. The zero-order valence-electron chi connectivity index (χ0n) is 24.3. The minimum atomic E-state index is -4.16. The van der Waals surface area contributed by atoms with Crippen LogP contribution in [-0.2, 0) is 26.2 Å². The number of hydrogen-bond donors (Lipinski definition) is 1. The Morgan fingerprint density at radius 3 is 2.17 bits per heavy atom. The van der Waals surface area contributed by atoms with Crippen molar-refractivity contribution in [3.05, 3.63) is 88.4 Å². The highest BCUT2D eigenvalue weighted by atomic mass is 35.5. The normalized spacial score (nSPS) is 12.8. The topological polar surface area (TPSA) is 96.0 Å². The Morgan fingerprint density at radius 1 is 0.976 bits per heavy atom. The predicted molar refractivity (Wildman–Crippen MR) is 163 cm³/mol. The maximum absolute atomic E-state index is 14.1. The number of rotatable bonds is 12. The molecule has 0 bridgehead atoms. The molecule has 0 saturated carbocycles. The summed E-state index contributed by atoms with van der Waals surface area (Å²) in [4.78, 5) is 28.7. The molecule has 3 rings (SSSR count). The van der Waals surface area contributed by atoms with Crippen LogP contribution in [0, 0.1) is 13.8 Å². The average molecular weight is 600 g/mol. The molecule has 0 radical (unpaired) electrons. The van der Waals surface area contributed by atoms with Gasteiger partial charge in [0.05, 0.1) is 17.7 Å². The van der Waals surface area contributed by atoms with Crippen LogP contribution in [0.25, 0.3) is 0 Å². The van der Waals surface area contributed by atoms with Gasteiger partial charge in [-0.2, -0.15) is 0 Å². The van der Waals surface area contributed by atoms with Crippen molar-refractivity contribution in [2.24, 2.45) is 0 Å². The summed E-state index contributed by atoms with van der Waals surface area (Å²) < 4.78 is 34.3. The standard InChI is InChI=1S/C31H38ClN3O5S/c1-7-23(4)33-31(37)24(5)34(19-25-10-13-27(40-6)14-11-25)30(36)20-35(29-17-12-26(32)18-22(29)3)41(38,39)28-15-8-21(2)9-16-28/h8-18,23-24H,7,19-20H2,1-6H3,(H,33,37)/t23-,24-/m1/s1. The average Bonchev–Trinajstić information content (AvgIpc) is 2.94. The molecule has 0 aliphatic rings. The number of hydrogen-bond acceptors (Lipinski definition) is 5. The molecule has 0 aliphatic carbocycles. The van der Waals surface area contributed by atoms with Crippen LogP contribution in [0.4, 0.5) is 5.69 Å². The van der Waals surface area contributed by atoms with E-state index in [1.54, 1.807) is 63.4 Å². The van der Waals surface area contributed by atoms with E-state index < -0.39 is 28.5 Å². The van der Waals surface area contributed by atoms with Gasteiger partial charge in [0, 0.05) is 17.6 Å². The first-order valence-electron chi connectivity index (χ1n) is 13.5. The molecule has 0 spiro atoms. The number of methoxy groups -OCH3 is 1. The lowest BCUT2D eigenvalue weighted by atomic mass is 10.1. The summed E-state index contributed by atoms with van der Waals surface area (Å²) in [5.74, 6) is -0.197. The molecule has 1 N–H and O–H groups in total. The molecule has 8 nitrogen and oxygen atoms in total. The van der Waals surface area contributed by atoms with Crippen LogP contribution in [0.2, 0.25) is 5.02 Å². The first-order valence-corrected chi connectivity index (χ1v) is 15.3. The minimum absolute atomic E-state index is 0.0505. The molecule has 3 aromatic carbocycles. The van der Waals surface area contributed by atoms with Crippen LogP contribution >= 0.6 is 11.6 Å². The van der Waals surface area contributed by atoms with Crippen molar-refractivity contribution in [2.75, 3.05) is 18.0 Å². The van der Waals surface area contributed by atoms with Gasteiger partial charge in [-0.15, -0.1) is 0 Å². The van der Waals surface area contributed by atoms with Gasteiger partial charge in [-0.3, -0.25) is 13.9 Å². The molecule has 0 aliphatic heterocycles. The van der Waals surface area contributed by atoms with Gasteiger partial charge in [0.2, 0.25) is 11.8 Å². The molecule has 0 aromatic heterocycles. The van der Waals surface area contributed by atoms with E-state index in [-0.39, 0.29) is 23.4 Å². The van der Waals surface area contributed by atoms with Crippen LogP contribution in [0.1, 0.15) is 43.9 Å². The van der Waals surface area contributed by atoms with E-state index in [0.29, 0.717) is 22.0 Å². The van der Waals surface area contributed by atoms with E-state index in [1.807, 2.05) is 32.9 Å². The summed E-state index contributed by atoms with van der Waals surface area (Å²) in [6, 6.07) is 17.5. The maximum Gasteiger partial charge on any atom is 0.264 e. The van der Waals surface area contributed by atoms with Gasteiger partial charge in [0.1, 0.15) is 18.3 Å². The van der Waals surface area contributed by atoms with Crippen LogP contribution in [0.3, 0.4) is 0 Å². The molecule has 2 atom stereocenters. The Morgan fingerprint density at radius 2 is 1.61 bits per heavy atom. The van der Waals surface area contributed by atoms with Crippen molar-refractivity contribution >= 4 is 39.1 Å². The van der Waals surface area contributed by atoms with Crippen molar-refractivity contribution in [3.63, 3.8) is 0 Å². The number of carbonyl (C=O) groups is 2. The monoisotopic (exact) mass is 599 g/mol.